The highest BCUT2D eigenvalue weighted by atomic mass is 16.5. The molecule has 1 unspecified atom stereocenters. The first kappa shape index (κ1) is 16.3. The number of nitrogens with one attached hydrogen (secondary N) is 1. The van der Waals surface area contributed by atoms with E-state index in [9.17, 15) is 10.1 Å². The number of carbonyl (C=O) groups excluding carboxylic acids is 1. The van der Waals surface area contributed by atoms with Gasteiger partial charge in [-0.25, -0.2) is 0 Å². The Balaban J connectivity index is 1.57. The highest BCUT2D eigenvalue weighted by Gasteiger charge is 2.39. The predicted octanol–water partition coefficient (Wildman–Crippen LogP) is 2.02. The topological polar surface area (TPSA) is 71.4 Å². The van der Waals surface area contributed by atoms with Crippen LogP contribution in [0.4, 0.5) is 0 Å². The van der Waals surface area contributed by atoms with Crippen molar-refractivity contribution in [1.29, 1.82) is 5.26 Å². The molecule has 0 aromatic heterocycles. The van der Waals surface area contributed by atoms with E-state index in [1.54, 1.807) is 0 Å². The van der Waals surface area contributed by atoms with E-state index in [1.165, 1.54) is 0 Å². The van der Waals surface area contributed by atoms with Crippen molar-refractivity contribution < 1.29 is 14.3 Å². The molecule has 1 heterocycles. The molecule has 5 nitrogen and oxygen atoms in total. The molecule has 1 aliphatic carbocycles. The number of hydrogen-bond acceptors (Lipinski definition) is 4. The molecule has 1 saturated carbocycles. The Bertz CT molecular complexity index is 366. The summed E-state index contributed by atoms with van der Waals surface area (Å²) in [6.07, 6.45) is 6.37. The third kappa shape index (κ3) is 4.69. The normalized spacial score (nSPS) is 24.4. The lowest BCUT2D eigenvalue weighted by Gasteiger charge is -2.29. The molecule has 0 aromatic carbocycles. The van der Waals surface area contributed by atoms with Gasteiger partial charge in [-0.1, -0.05) is 19.3 Å². The van der Waals surface area contributed by atoms with Crippen molar-refractivity contribution in [3.63, 3.8) is 0 Å². The molecule has 1 aliphatic heterocycles. The van der Waals surface area contributed by atoms with Crippen molar-refractivity contribution in [2.24, 2.45) is 11.3 Å². The number of nitriles is 1. The van der Waals surface area contributed by atoms with Crippen molar-refractivity contribution >= 4 is 5.91 Å². The van der Waals surface area contributed by atoms with Crippen molar-refractivity contribution in [3.8, 4) is 6.07 Å². The minimum atomic E-state index is -0.777. The van der Waals surface area contributed by atoms with Gasteiger partial charge in [0.25, 0.3) is 0 Å². The van der Waals surface area contributed by atoms with Gasteiger partial charge in [0, 0.05) is 25.7 Å². The van der Waals surface area contributed by atoms with Crippen LogP contribution in [0.5, 0.6) is 0 Å². The Hall–Kier alpha value is -1.12. The standard InChI is InChI=1S/C16H26N2O3/c17-13-16(6-2-1-3-7-16)15(19)18-8-4-9-20-11-14-5-10-21-12-14/h14H,1-12H2,(H,18,19). The molecule has 2 aliphatic rings. The first-order valence-electron chi connectivity index (χ1n) is 8.12. The van der Waals surface area contributed by atoms with E-state index in [2.05, 4.69) is 11.4 Å². The first-order chi connectivity index (χ1) is 10.3. The SMILES string of the molecule is N#CC1(C(=O)NCCCOCC2CCOC2)CCCCC1. The fraction of sp³-hybridized carbons (Fsp3) is 0.875. The van der Waals surface area contributed by atoms with Gasteiger partial charge >= 0.3 is 0 Å². The summed E-state index contributed by atoms with van der Waals surface area (Å²) in [5.74, 6) is 0.442. The second-order valence-corrected chi connectivity index (χ2v) is 6.17. The zero-order valence-electron chi connectivity index (χ0n) is 12.7. The van der Waals surface area contributed by atoms with E-state index in [1.807, 2.05) is 0 Å². The first-order valence-corrected chi connectivity index (χ1v) is 8.12. The number of amides is 1. The molecule has 5 heteroatoms. The molecule has 0 spiro atoms. The Morgan fingerprint density at radius 2 is 2.19 bits per heavy atom. The van der Waals surface area contributed by atoms with E-state index in [4.69, 9.17) is 9.47 Å². The molecule has 118 valence electrons. The minimum absolute atomic E-state index is 0.0890. The van der Waals surface area contributed by atoms with Gasteiger partial charge in [0.2, 0.25) is 5.91 Å². The maximum Gasteiger partial charge on any atom is 0.240 e. The van der Waals surface area contributed by atoms with Gasteiger partial charge in [-0.3, -0.25) is 4.79 Å². The summed E-state index contributed by atoms with van der Waals surface area (Å²) in [5, 5.41) is 12.2. The van der Waals surface area contributed by atoms with Crippen LogP contribution in [0.1, 0.15) is 44.9 Å². The van der Waals surface area contributed by atoms with Crippen molar-refractivity contribution in [2.45, 2.75) is 44.9 Å². The highest BCUT2D eigenvalue weighted by Crippen LogP contribution is 2.35. The lowest BCUT2D eigenvalue weighted by molar-refractivity contribution is -0.129. The van der Waals surface area contributed by atoms with Gasteiger partial charge in [0.1, 0.15) is 5.41 Å². The minimum Gasteiger partial charge on any atom is -0.381 e. The van der Waals surface area contributed by atoms with Crippen LogP contribution in [0.2, 0.25) is 0 Å². The second kappa shape index (κ2) is 8.35. The van der Waals surface area contributed by atoms with Gasteiger partial charge in [-0.2, -0.15) is 5.26 Å². The average Bonchev–Trinajstić information content (AvgIpc) is 3.04. The maximum atomic E-state index is 12.2. The van der Waals surface area contributed by atoms with Crippen LogP contribution in [-0.2, 0) is 14.3 Å². The zero-order valence-corrected chi connectivity index (χ0v) is 12.7. The molecule has 21 heavy (non-hydrogen) atoms. The number of rotatable bonds is 7. The van der Waals surface area contributed by atoms with Crippen LogP contribution < -0.4 is 5.32 Å². The summed E-state index contributed by atoms with van der Waals surface area (Å²) < 4.78 is 10.9. The van der Waals surface area contributed by atoms with Crippen LogP contribution in [0.3, 0.4) is 0 Å². The highest BCUT2D eigenvalue weighted by molar-refractivity contribution is 5.85. The summed E-state index contributed by atoms with van der Waals surface area (Å²) in [7, 11) is 0. The summed E-state index contributed by atoms with van der Waals surface area (Å²) in [4.78, 5) is 12.2. The van der Waals surface area contributed by atoms with E-state index in [0.717, 1.165) is 51.9 Å². The molecule has 0 bridgehead atoms. The molecule has 1 amide bonds. The average molecular weight is 294 g/mol. The van der Waals surface area contributed by atoms with Gasteiger partial charge in [-0.05, 0) is 25.7 Å². The number of hydrogen-bond donors (Lipinski definition) is 1. The molecule has 0 radical (unpaired) electrons. The summed E-state index contributed by atoms with van der Waals surface area (Å²) >= 11 is 0. The lowest BCUT2D eigenvalue weighted by Crippen LogP contribution is -2.42. The molecule has 1 atom stereocenters. The van der Waals surface area contributed by atoms with Gasteiger partial charge in [-0.15, -0.1) is 0 Å². The number of carbonyl (C=O) groups is 1. The Labute approximate surface area is 127 Å². The van der Waals surface area contributed by atoms with Crippen molar-refractivity contribution in [2.75, 3.05) is 33.0 Å². The Morgan fingerprint density at radius 3 is 2.86 bits per heavy atom. The monoisotopic (exact) mass is 294 g/mol. The fourth-order valence-corrected chi connectivity index (χ4v) is 3.06. The third-order valence-corrected chi connectivity index (χ3v) is 4.48. The van der Waals surface area contributed by atoms with Crippen LogP contribution in [-0.4, -0.2) is 38.9 Å². The number of ether oxygens (including phenoxy) is 2. The quantitative estimate of drug-likeness (QED) is 0.729. The fourth-order valence-electron chi connectivity index (χ4n) is 3.06. The van der Waals surface area contributed by atoms with Crippen molar-refractivity contribution in [3.05, 3.63) is 0 Å². The van der Waals surface area contributed by atoms with E-state index < -0.39 is 5.41 Å². The van der Waals surface area contributed by atoms with Gasteiger partial charge in [0.15, 0.2) is 0 Å². The molecular weight excluding hydrogens is 268 g/mol. The van der Waals surface area contributed by atoms with Gasteiger partial charge in [0.05, 0.1) is 19.3 Å². The van der Waals surface area contributed by atoms with E-state index >= 15 is 0 Å². The van der Waals surface area contributed by atoms with Crippen molar-refractivity contribution in [1.82, 2.24) is 5.32 Å². The summed E-state index contributed by atoms with van der Waals surface area (Å²) in [5.41, 5.74) is -0.777. The number of nitrogens with zero attached hydrogens (tertiary/aromatic N) is 1. The summed E-state index contributed by atoms with van der Waals surface area (Å²) in [6.45, 7) is 3.64. The second-order valence-electron chi connectivity index (χ2n) is 6.17. The Morgan fingerprint density at radius 1 is 1.38 bits per heavy atom. The zero-order chi connectivity index (χ0) is 15.0. The van der Waals surface area contributed by atoms with E-state index in [-0.39, 0.29) is 5.91 Å². The van der Waals surface area contributed by atoms with E-state index in [0.29, 0.717) is 31.9 Å². The van der Waals surface area contributed by atoms with Crippen LogP contribution in [0, 0.1) is 22.7 Å². The van der Waals surface area contributed by atoms with Crippen LogP contribution in [0.25, 0.3) is 0 Å². The molecule has 2 rings (SSSR count). The van der Waals surface area contributed by atoms with Crippen LogP contribution >= 0.6 is 0 Å². The molecule has 2 fully saturated rings. The predicted molar refractivity (Wildman–Crippen MR) is 78.5 cm³/mol. The molecule has 1 N–H and O–H groups in total. The summed E-state index contributed by atoms with van der Waals surface area (Å²) in [6, 6.07) is 2.25. The molecule has 1 saturated heterocycles. The largest absolute Gasteiger partial charge is 0.381 e. The third-order valence-electron chi connectivity index (χ3n) is 4.48. The smallest absolute Gasteiger partial charge is 0.240 e. The maximum absolute atomic E-state index is 12.2. The molecular formula is C16H26N2O3. The Kier molecular flexibility index (Phi) is 6.47. The van der Waals surface area contributed by atoms with Gasteiger partial charge < -0.3 is 14.8 Å². The molecule has 0 aromatic rings. The lowest BCUT2D eigenvalue weighted by atomic mass is 9.74. The van der Waals surface area contributed by atoms with Crippen LogP contribution in [0.15, 0.2) is 0 Å².